The van der Waals surface area contributed by atoms with Gasteiger partial charge in [0, 0.05) is 17.2 Å². The molecular formula is C26H31N8OS+. The average Bonchev–Trinajstić information content (AvgIpc) is 3.46. The predicted molar refractivity (Wildman–Crippen MR) is 139 cm³/mol. The normalized spacial score (nSPS) is 15.7. The zero-order valence-electron chi connectivity index (χ0n) is 21.0. The van der Waals surface area contributed by atoms with Crippen LogP contribution in [0.25, 0.3) is 11.3 Å². The van der Waals surface area contributed by atoms with E-state index in [1.165, 1.54) is 16.9 Å². The van der Waals surface area contributed by atoms with Crippen LogP contribution in [0.15, 0.2) is 42.9 Å². The molecule has 0 aliphatic heterocycles. The highest BCUT2D eigenvalue weighted by molar-refractivity contribution is 7.13. The van der Waals surface area contributed by atoms with Gasteiger partial charge >= 0.3 is 0 Å². The summed E-state index contributed by atoms with van der Waals surface area (Å²) in [5.41, 5.74) is 5.05. The second kappa shape index (κ2) is 9.77. The molecule has 9 nitrogen and oxygen atoms in total. The minimum Gasteiger partial charge on any atom is -0.343 e. The smallest absolute Gasteiger partial charge is 0.282 e. The van der Waals surface area contributed by atoms with Gasteiger partial charge in [-0.3, -0.25) is 4.79 Å². The molecule has 36 heavy (non-hydrogen) atoms. The largest absolute Gasteiger partial charge is 0.343 e. The minimum atomic E-state index is -0.158. The van der Waals surface area contributed by atoms with Gasteiger partial charge in [0.2, 0.25) is 17.2 Å². The number of nitrogens with zero attached hydrogens (tertiary/aromatic N) is 5. The standard InChI is InChI=1S/C26H30N8OS/c1-26(2,3)24-33-32-23(36-24)22(35)30-21-8-6-5-7-16-13-17(9-10-19(16)21)20-11-12-27-25(31-20)29-18-14-28-34(4)15-18/h9-15,21H,5-8H2,1-4H3,(H2,27,29,30,31,35)/p+1. The highest BCUT2D eigenvalue weighted by atomic mass is 32.1. The molecular weight excluding hydrogens is 472 g/mol. The molecule has 1 aliphatic rings. The lowest BCUT2D eigenvalue weighted by Crippen LogP contribution is -2.28. The van der Waals surface area contributed by atoms with Crippen LogP contribution in [0.4, 0.5) is 11.6 Å². The summed E-state index contributed by atoms with van der Waals surface area (Å²) in [4.78, 5) is 22.1. The summed E-state index contributed by atoms with van der Waals surface area (Å²) in [6, 6.07) is 8.27. The molecule has 0 saturated carbocycles. The minimum absolute atomic E-state index is 0.0528. The van der Waals surface area contributed by atoms with Crippen LogP contribution in [-0.4, -0.2) is 31.2 Å². The number of carbonyl (C=O) groups is 1. The summed E-state index contributed by atoms with van der Waals surface area (Å²) in [5.74, 6) is 0.383. The lowest BCUT2D eigenvalue weighted by atomic mass is 9.95. The Bertz CT molecular complexity index is 1390. The average molecular weight is 504 g/mol. The maximum absolute atomic E-state index is 13.0. The van der Waals surface area contributed by atoms with E-state index in [1.54, 1.807) is 6.20 Å². The number of rotatable bonds is 5. The van der Waals surface area contributed by atoms with Crippen molar-refractivity contribution in [3.05, 3.63) is 64.0 Å². The molecule has 1 unspecified atom stereocenters. The first-order valence-corrected chi connectivity index (χ1v) is 13.0. The second-order valence-corrected chi connectivity index (χ2v) is 11.2. The molecule has 0 fully saturated rings. The zero-order valence-corrected chi connectivity index (χ0v) is 21.8. The Morgan fingerprint density at radius 1 is 1.19 bits per heavy atom. The van der Waals surface area contributed by atoms with Crippen LogP contribution >= 0.6 is 11.3 Å². The number of hydrogen-bond donors (Lipinski definition) is 3. The van der Waals surface area contributed by atoms with Crippen molar-refractivity contribution in [2.75, 3.05) is 5.32 Å². The molecule has 186 valence electrons. The Balaban J connectivity index is 1.36. The van der Waals surface area contributed by atoms with Crippen molar-refractivity contribution in [2.24, 2.45) is 7.05 Å². The van der Waals surface area contributed by atoms with Gasteiger partial charge < -0.3 is 10.6 Å². The summed E-state index contributed by atoms with van der Waals surface area (Å²) in [7, 11) is 1.92. The van der Waals surface area contributed by atoms with Crippen LogP contribution < -0.4 is 15.3 Å². The number of benzene rings is 1. The molecule has 1 atom stereocenters. The van der Waals surface area contributed by atoms with Gasteiger partial charge in [0.1, 0.15) is 10.7 Å². The van der Waals surface area contributed by atoms with E-state index in [-0.39, 0.29) is 17.4 Å². The maximum atomic E-state index is 13.0. The van der Waals surface area contributed by atoms with Crippen molar-refractivity contribution in [1.82, 2.24) is 30.6 Å². The molecule has 4 aromatic rings. The van der Waals surface area contributed by atoms with E-state index in [0.29, 0.717) is 11.0 Å². The number of nitrogens with one attached hydrogen (secondary N) is 3. The summed E-state index contributed by atoms with van der Waals surface area (Å²) in [6.07, 6.45) is 9.55. The first kappa shape index (κ1) is 24.1. The molecule has 1 aromatic carbocycles. The highest BCUT2D eigenvalue weighted by Gasteiger charge is 2.25. The van der Waals surface area contributed by atoms with E-state index < -0.39 is 0 Å². The Hall–Kier alpha value is -3.66. The third kappa shape index (κ3) is 5.28. The van der Waals surface area contributed by atoms with Crippen molar-refractivity contribution >= 4 is 28.9 Å². The van der Waals surface area contributed by atoms with Gasteiger partial charge in [-0.05, 0) is 42.5 Å². The number of carbonyl (C=O) groups excluding carboxylic acids is 1. The van der Waals surface area contributed by atoms with E-state index >= 15 is 0 Å². The third-order valence-corrected chi connectivity index (χ3v) is 7.59. The fourth-order valence-electron chi connectivity index (χ4n) is 4.36. The molecule has 1 aliphatic carbocycles. The number of anilines is 2. The van der Waals surface area contributed by atoms with Crippen LogP contribution in [0.5, 0.6) is 0 Å². The van der Waals surface area contributed by atoms with Crippen molar-refractivity contribution in [1.29, 1.82) is 0 Å². The van der Waals surface area contributed by atoms with E-state index in [2.05, 4.69) is 69.9 Å². The summed E-state index contributed by atoms with van der Waals surface area (Å²) in [6.45, 7) is 6.22. The fourth-order valence-corrected chi connectivity index (χ4v) is 5.16. The Labute approximate surface area is 214 Å². The molecule has 0 saturated heterocycles. The number of aromatic amines is 1. The number of H-pyrrole nitrogens is 1. The SMILES string of the molecule is C[n+]1cc(Nc2nccc(-c3ccc4c(c3)CCCCC4NC(=O)c3nnc(C(C)(C)C)s3)n2)c[nH]1. The fraction of sp³-hybridized carbons (Fsp3) is 0.385. The molecule has 0 radical (unpaired) electrons. The van der Waals surface area contributed by atoms with E-state index in [0.717, 1.165) is 53.2 Å². The van der Waals surface area contributed by atoms with Gasteiger partial charge in [-0.15, -0.1) is 14.9 Å². The molecule has 3 heterocycles. The van der Waals surface area contributed by atoms with Crippen LogP contribution in [0.1, 0.15) is 72.0 Å². The highest BCUT2D eigenvalue weighted by Crippen LogP contribution is 2.33. The summed E-state index contributed by atoms with van der Waals surface area (Å²) < 4.78 is 1.85. The first-order valence-electron chi connectivity index (χ1n) is 12.2. The maximum Gasteiger partial charge on any atom is 0.282 e. The number of aromatic nitrogens is 6. The number of fused-ring (bicyclic) bond motifs is 1. The van der Waals surface area contributed by atoms with Gasteiger partial charge in [-0.25, -0.2) is 9.97 Å². The van der Waals surface area contributed by atoms with E-state index in [1.807, 2.05) is 30.2 Å². The molecule has 5 rings (SSSR count). The first-order chi connectivity index (χ1) is 17.3. The van der Waals surface area contributed by atoms with Crippen molar-refractivity contribution in [3.8, 4) is 11.3 Å². The van der Waals surface area contributed by atoms with E-state index in [4.69, 9.17) is 4.98 Å². The Morgan fingerprint density at radius 2 is 2.06 bits per heavy atom. The van der Waals surface area contributed by atoms with Gasteiger partial charge in [-0.1, -0.05) is 50.7 Å². The molecule has 3 N–H and O–H groups in total. The topological polar surface area (TPSA) is 112 Å². The lowest BCUT2D eigenvalue weighted by molar-refractivity contribution is -0.726. The Morgan fingerprint density at radius 3 is 2.81 bits per heavy atom. The van der Waals surface area contributed by atoms with Gasteiger partial charge in [0.15, 0.2) is 7.05 Å². The van der Waals surface area contributed by atoms with Crippen LogP contribution in [0.3, 0.4) is 0 Å². The molecule has 1 amide bonds. The summed E-state index contributed by atoms with van der Waals surface area (Å²) >= 11 is 1.37. The molecule has 0 bridgehead atoms. The Kier molecular flexibility index (Phi) is 6.53. The van der Waals surface area contributed by atoms with Gasteiger partial charge in [0.25, 0.3) is 5.91 Å². The lowest BCUT2D eigenvalue weighted by Gasteiger charge is -2.19. The van der Waals surface area contributed by atoms with Crippen LogP contribution in [-0.2, 0) is 18.9 Å². The monoisotopic (exact) mass is 503 g/mol. The third-order valence-electron chi connectivity index (χ3n) is 6.24. The van der Waals surface area contributed by atoms with E-state index in [9.17, 15) is 4.79 Å². The van der Waals surface area contributed by atoms with Crippen LogP contribution in [0.2, 0.25) is 0 Å². The molecule has 0 spiro atoms. The zero-order chi connectivity index (χ0) is 25.3. The van der Waals surface area contributed by atoms with Crippen molar-refractivity contribution in [2.45, 2.75) is 57.9 Å². The van der Waals surface area contributed by atoms with Gasteiger partial charge in [0.05, 0.1) is 17.9 Å². The summed E-state index contributed by atoms with van der Waals surface area (Å²) in [5, 5.41) is 19.2. The number of hydrogen-bond acceptors (Lipinski definition) is 7. The predicted octanol–water partition coefficient (Wildman–Crippen LogP) is 4.39. The van der Waals surface area contributed by atoms with Gasteiger partial charge in [-0.2, -0.15) is 5.10 Å². The van der Waals surface area contributed by atoms with Crippen LogP contribution in [0, 0.1) is 0 Å². The number of amides is 1. The van der Waals surface area contributed by atoms with Crippen molar-refractivity contribution in [3.63, 3.8) is 0 Å². The molecule has 10 heteroatoms. The quantitative estimate of drug-likeness (QED) is 0.275. The number of aryl methyl sites for hydroxylation is 2. The van der Waals surface area contributed by atoms with Crippen molar-refractivity contribution < 1.29 is 9.48 Å². The second-order valence-electron chi connectivity index (χ2n) is 10.2. The molecule has 3 aromatic heterocycles.